The highest BCUT2D eigenvalue weighted by Crippen LogP contribution is 2.51. The number of carbonyl (C=O) groups is 2. The molecular weight excluding hydrogens is 727 g/mol. The highest BCUT2D eigenvalue weighted by atomic mass is 127. The second-order valence-electron chi connectivity index (χ2n) is 12.4. The number of para-hydroxylation sites is 1. The maximum Gasteiger partial charge on any atom is 0.271 e. The first kappa shape index (κ1) is 33.7. The van der Waals surface area contributed by atoms with Crippen molar-refractivity contribution in [2.45, 2.75) is 45.1 Å². The summed E-state index contributed by atoms with van der Waals surface area (Å²) in [5.41, 5.74) is 4.20. The van der Waals surface area contributed by atoms with Gasteiger partial charge in [0, 0.05) is 18.1 Å². The van der Waals surface area contributed by atoms with Crippen LogP contribution < -0.4 is 14.4 Å². The van der Waals surface area contributed by atoms with E-state index in [4.69, 9.17) is 14.2 Å². The number of nitro groups is 1. The molecule has 48 heavy (non-hydrogen) atoms. The third-order valence-corrected chi connectivity index (χ3v) is 10.2. The summed E-state index contributed by atoms with van der Waals surface area (Å²) in [5.74, 6) is -0.969. The number of carbonyl (C=O) groups excluding carboxylic acids is 2. The van der Waals surface area contributed by atoms with Crippen LogP contribution in [0.1, 0.15) is 44.6 Å². The molecule has 0 aromatic heterocycles. The second kappa shape index (κ2) is 14.5. The lowest BCUT2D eigenvalue weighted by atomic mass is 9.69. The number of rotatable bonds is 12. The molecule has 3 aromatic carbocycles. The predicted octanol–water partition coefficient (Wildman–Crippen LogP) is 7.48. The van der Waals surface area contributed by atoms with E-state index in [-0.39, 0.29) is 47.6 Å². The van der Waals surface area contributed by atoms with Gasteiger partial charge in [0.25, 0.3) is 5.69 Å². The fourth-order valence-electron chi connectivity index (χ4n) is 7.27. The third-order valence-electron chi connectivity index (χ3n) is 9.40. The molecule has 1 N–H and O–H groups in total. The van der Waals surface area contributed by atoms with Gasteiger partial charge in [-0.2, -0.15) is 0 Å². The zero-order valence-electron chi connectivity index (χ0n) is 26.8. The Kier molecular flexibility index (Phi) is 10.2. The van der Waals surface area contributed by atoms with Crippen LogP contribution in [0.3, 0.4) is 0 Å². The largest absolute Gasteiger partial charge is 0.504 e. The van der Waals surface area contributed by atoms with Gasteiger partial charge in [-0.15, -0.1) is 0 Å². The quantitative estimate of drug-likeness (QED) is 0.0662. The summed E-state index contributed by atoms with van der Waals surface area (Å²) in [6, 6.07) is 18.9. The first-order valence-corrected chi connectivity index (χ1v) is 17.2. The molecule has 250 valence electrons. The summed E-state index contributed by atoms with van der Waals surface area (Å²) in [5, 5.41) is 21.8. The summed E-state index contributed by atoms with van der Waals surface area (Å²) in [4.78, 5) is 40.0. The average molecular weight is 765 g/mol. The zero-order valence-corrected chi connectivity index (χ0v) is 28.9. The smallest absolute Gasteiger partial charge is 0.271 e. The van der Waals surface area contributed by atoms with E-state index in [1.165, 1.54) is 30.9 Å². The molecule has 11 heteroatoms. The van der Waals surface area contributed by atoms with Crippen LogP contribution in [0.2, 0.25) is 0 Å². The number of fused-ring (bicyclic) bond motifs is 3. The first-order chi connectivity index (χ1) is 23.2. The van der Waals surface area contributed by atoms with Crippen molar-refractivity contribution < 1.29 is 33.8 Å². The van der Waals surface area contributed by atoms with Crippen LogP contribution in [-0.2, 0) is 14.3 Å². The van der Waals surface area contributed by atoms with Crippen molar-refractivity contribution in [3.63, 3.8) is 0 Å². The maximum atomic E-state index is 14.0. The van der Waals surface area contributed by atoms with E-state index < -0.39 is 16.8 Å². The molecule has 0 unspecified atom stereocenters. The van der Waals surface area contributed by atoms with E-state index in [0.717, 1.165) is 40.9 Å². The molecule has 2 heterocycles. The Morgan fingerprint density at radius 1 is 1.08 bits per heavy atom. The lowest BCUT2D eigenvalue weighted by Crippen LogP contribution is -2.35. The SMILES string of the molecule is CCC/C(=C\c1cc(I)c(O)c(OC)c1)CC[C@H]1OC[C@H]2C1=C(COc1ccccc1)C[C@H]1C(=O)N(c3cccc([N+](=O)[O-])c3)C(=O)[C@H]12. The highest BCUT2D eigenvalue weighted by Gasteiger charge is 2.57. The van der Waals surface area contributed by atoms with Crippen LogP contribution in [0.5, 0.6) is 17.2 Å². The Morgan fingerprint density at radius 3 is 2.60 bits per heavy atom. The number of benzene rings is 3. The fraction of sp³-hybridized carbons (Fsp3) is 0.351. The summed E-state index contributed by atoms with van der Waals surface area (Å²) in [7, 11) is 1.53. The zero-order chi connectivity index (χ0) is 33.9. The Morgan fingerprint density at radius 2 is 1.88 bits per heavy atom. The monoisotopic (exact) mass is 764 g/mol. The van der Waals surface area contributed by atoms with Crippen LogP contribution in [0.25, 0.3) is 6.08 Å². The number of anilines is 1. The Labute approximate surface area is 292 Å². The van der Waals surface area contributed by atoms with E-state index >= 15 is 0 Å². The van der Waals surface area contributed by atoms with Crippen LogP contribution in [0.4, 0.5) is 11.4 Å². The Balaban J connectivity index is 1.29. The van der Waals surface area contributed by atoms with Gasteiger partial charge in [-0.1, -0.05) is 49.3 Å². The summed E-state index contributed by atoms with van der Waals surface area (Å²) < 4.78 is 18.7. The molecule has 0 spiro atoms. The van der Waals surface area contributed by atoms with Gasteiger partial charge in [-0.3, -0.25) is 19.7 Å². The minimum absolute atomic E-state index is 0.120. The number of ether oxygens (including phenoxy) is 3. The number of methoxy groups -OCH3 is 1. The van der Waals surface area contributed by atoms with E-state index in [0.29, 0.717) is 34.5 Å². The number of amides is 2. The number of nitro benzene ring substituents is 1. The lowest BCUT2D eigenvalue weighted by Gasteiger charge is -2.31. The molecule has 2 amide bonds. The number of halogens is 1. The van der Waals surface area contributed by atoms with Gasteiger partial charge >= 0.3 is 0 Å². The molecule has 2 fully saturated rings. The maximum absolute atomic E-state index is 14.0. The molecule has 1 aliphatic carbocycles. The van der Waals surface area contributed by atoms with Crippen molar-refractivity contribution in [2.24, 2.45) is 17.8 Å². The van der Waals surface area contributed by atoms with Gasteiger partial charge in [0.2, 0.25) is 11.8 Å². The number of hydrogen-bond donors (Lipinski definition) is 1. The van der Waals surface area contributed by atoms with Crippen molar-refractivity contribution in [3.8, 4) is 17.2 Å². The number of imide groups is 1. The summed E-state index contributed by atoms with van der Waals surface area (Å²) >= 11 is 2.10. The van der Waals surface area contributed by atoms with Gasteiger partial charge in [0.1, 0.15) is 12.4 Å². The highest BCUT2D eigenvalue weighted by molar-refractivity contribution is 14.1. The number of allylic oxidation sites excluding steroid dienone is 1. The van der Waals surface area contributed by atoms with Crippen LogP contribution >= 0.6 is 22.6 Å². The van der Waals surface area contributed by atoms with Gasteiger partial charge in [-0.05, 0) is 95.3 Å². The Hall–Kier alpha value is -4.23. The molecule has 0 radical (unpaired) electrons. The molecule has 6 rings (SSSR count). The number of non-ortho nitro benzene ring substituents is 1. The molecule has 2 saturated heterocycles. The summed E-state index contributed by atoms with van der Waals surface area (Å²) in [6.07, 6.45) is 5.52. The number of phenolic OH excluding ortho intramolecular Hbond substituents is 1. The topological polar surface area (TPSA) is 128 Å². The van der Waals surface area contributed by atoms with E-state index in [9.17, 15) is 24.8 Å². The predicted molar refractivity (Wildman–Crippen MR) is 189 cm³/mol. The fourth-order valence-corrected chi connectivity index (χ4v) is 7.89. The van der Waals surface area contributed by atoms with Gasteiger partial charge in [0.05, 0.1) is 45.8 Å². The van der Waals surface area contributed by atoms with Crippen molar-refractivity contribution in [3.05, 3.63) is 103 Å². The molecule has 10 nitrogen and oxygen atoms in total. The second-order valence-corrected chi connectivity index (χ2v) is 13.5. The van der Waals surface area contributed by atoms with E-state index in [2.05, 4.69) is 35.6 Å². The van der Waals surface area contributed by atoms with Gasteiger partial charge in [0.15, 0.2) is 11.5 Å². The van der Waals surface area contributed by atoms with Gasteiger partial charge in [-0.25, -0.2) is 4.90 Å². The number of nitrogens with zero attached hydrogens (tertiary/aromatic N) is 2. The lowest BCUT2D eigenvalue weighted by molar-refractivity contribution is -0.384. The number of aromatic hydroxyl groups is 1. The van der Waals surface area contributed by atoms with E-state index in [1.54, 1.807) is 6.07 Å². The average Bonchev–Trinajstić information content (AvgIpc) is 3.62. The van der Waals surface area contributed by atoms with Gasteiger partial charge < -0.3 is 19.3 Å². The van der Waals surface area contributed by atoms with Crippen molar-refractivity contribution >= 4 is 51.9 Å². The molecule has 2 aliphatic heterocycles. The Bertz CT molecular complexity index is 1790. The molecule has 4 atom stereocenters. The normalized spacial score (nSPS) is 22.1. The van der Waals surface area contributed by atoms with Crippen LogP contribution in [-0.4, -0.2) is 48.3 Å². The van der Waals surface area contributed by atoms with Crippen molar-refractivity contribution in [1.82, 2.24) is 0 Å². The number of hydrogen-bond acceptors (Lipinski definition) is 8. The minimum atomic E-state index is -0.616. The number of phenols is 1. The van der Waals surface area contributed by atoms with Crippen molar-refractivity contribution in [1.29, 1.82) is 0 Å². The molecule has 0 bridgehead atoms. The molecule has 0 saturated carbocycles. The van der Waals surface area contributed by atoms with Crippen LogP contribution in [0.15, 0.2) is 83.4 Å². The van der Waals surface area contributed by atoms with Crippen LogP contribution in [0, 0.1) is 31.4 Å². The standard InChI is InChI=1S/C37H37IN2O8/c1-3-8-22(15-23-16-30(38)35(41)32(17-23)46-2)13-14-31-33-24(20-47-27-11-5-4-6-12-27)18-28-34(29(33)21-48-31)37(43)39(36(28)42)25-9-7-10-26(19-25)40(44)45/h4-7,9-12,15-17,19,28-29,31,34,41H,3,8,13-14,18,20-21H2,1-2H3/b22-15+/t28-,29+,31-,34-/m1/s1. The first-order valence-electron chi connectivity index (χ1n) is 16.1. The third kappa shape index (κ3) is 6.70. The van der Waals surface area contributed by atoms with E-state index in [1.807, 2.05) is 42.5 Å². The molecular formula is C37H37IN2O8. The molecule has 3 aliphatic rings. The molecule has 3 aromatic rings. The van der Waals surface area contributed by atoms with Crippen molar-refractivity contribution in [2.75, 3.05) is 25.2 Å². The minimum Gasteiger partial charge on any atom is -0.504 e. The summed E-state index contributed by atoms with van der Waals surface area (Å²) in [6.45, 7) is 2.70.